The molecule has 1 aliphatic heterocycles. The Bertz CT molecular complexity index is 722. The summed E-state index contributed by atoms with van der Waals surface area (Å²) in [5, 5.41) is 1.84. The summed E-state index contributed by atoms with van der Waals surface area (Å²) in [6, 6.07) is 7.10. The minimum absolute atomic E-state index is 0.322. The molecule has 140 valence electrons. The standard InChI is InChI=1S/C18H22N2O5S/c1-18(2,3)25-17(23)20(4)9-10-24-13-7-5-12(6-8-13)11-14-15(21)19-16(22)26-14/h5-8,11H,9-10H2,1-4H3,(H,19,21,22)/b14-11-. The van der Waals surface area contributed by atoms with Gasteiger partial charge in [-0.2, -0.15) is 0 Å². The summed E-state index contributed by atoms with van der Waals surface area (Å²) in [7, 11) is 1.65. The first-order valence-electron chi connectivity index (χ1n) is 8.06. The highest BCUT2D eigenvalue weighted by molar-refractivity contribution is 8.18. The number of rotatable bonds is 5. The first-order valence-corrected chi connectivity index (χ1v) is 8.87. The quantitative estimate of drug-likeness (QED) is 0.792. The number of benzene rings is 1. The van der Waals surface area contributed by atoms with Gasteiger partial charge in [-0.1, -0.05) is 12.1 Å². The number of hydrogen-bond donors (Lipinski definition) is 1. The Morgan fingerprint density at radius 3 is 2.42 bits per heavy atom. The number of nitrogens with zero attached hydrogens (tertiary/aromatic N) is 1. The first-order chi connectivity index (χ1) is 12.1. The number of amides is 3. The van der Waals surface area contributed by atoms with E-state index in [-0.39, 0.29) is 11.1 Å². The van der Waals surface area contributed by atoms with Crippen molar-refractivity contribution in [3.8, 4) is 5.75 Å². The Kier molecular flexibility index (Phi) is 6.31. The molecule has 1 aromatic rings. The van der Waals surface area contributed by atoms with Crippen LogP contribution in [0.1, 0.15) is 26.3 Å². The van der Waals surface area contributed by atoms with Crippen molar-refractivity contribution in [2.24, 2.45) is 0 Å². The number of carbonyl (C=O) groups excluding carboxylic acids is 3. The molecule has 0 aromatic heterocycles. The Labute approximate surface area is 156 Å². The SMILES string of the molecule is CN(CCOc1ccc(/C=C2\SC(=O)NC2=O)cc1)C(=O)OC(C)(C)C. The minimum Gasteiger partial charge on any atom is -0.492 e. The Morgan fingerprint density at radius 1 is 1.23 bits per heavy atom. The molecule has 0 atom stereocenters. The van der Waals surface area contributed by atoms with Crippen LogP contribution in [0, 0.1) is 0 Å². The van der Waals surface area contributed by atoms with Gasteiger partial charge in [0.15, 0.2) is 0 Å². The van der Waals surface area contributed by atoms with Gasteiger partial charge in [0.2, 0.25) is 0 Å². The lowest BCUT2D eigenvalue weighted by molar-refractivity contribution is -0.115. The Balaban J connectivity index is 1.82. The van der Waals surface area contributed by atoms with Gasteiger partial charge in [-0.05, 0) is 56.3 Å². The smallest absolute Gasteiger partial charge is 0.410 e. The maximum atomic E-state index is 11.8. The minimum atomic E-state index is -0.532. The van der Waals surface area contributed by atoms with E-state index in [0.717, 1.165) is 17.3 Å². The number of hydrogen-bond acceptors (Lipinski definition) is 6. The van der Waals surface area contributed by atoms with E-state index in [4.69, 9.17) is 9.47 Å². The number of thioether (sulfide) groups is 1. The van der Waals surface area contributed by atoms with E-state index >= 15 is 0 Å². The molecule has 1 heterocycles. The van der Waals surface area contributed by atoms with Crippen molar-refractivity contribution in [1.82, 2.24) is 10.2 Å². The molecule has 1 N–H and O–H groups in total. The van der Waals surface area contributed by atoms with Gasteiger partial charge in [-0.25, -0.2) is 4.79 Å². The van der Waals surface area contributed by atoms with Crippen LogP contribution >= 0.6 is 11.8 Å². The molecule has 0 saturated carbocycles. The second kappa shape index (κ2) is 8.27. The predicted octanol–water partition coefficient (Wildman–Crippen LogP) is 3.26. The highest BCUT2D eigenvalue weighted by Gasteiger charge is 2.24. The van der Waals surface area contributed by atoms with E-state index < -0.39 is 11.7 Å². The number of imide groups is 1. The van der Waals surface area contributed by atoms with Gasteiger partial charge in [0.05, 0.1) is 11.4 Å². The van der Waals surface area contributed by atoms with Crippen LogP contribution in [-0.4, -0.2) is 47.9 Å². The van der Waals surface area contributed by atoms with Gasteiger partial charge in [0.25, 0.3) is 11.1 Å². The van der Waals surface area contributed by atoms with Crippen molar-refractivity contribution in [2.45, 2.75) is 26.4 Å². The third-order valence-corrected chi connectivity index (χ3v) is 4.03. The molecule has 0 unspecified atom stereocenters. The zero-order valence-electron chi connectivity index (χ0n) is 15.2. The first kappa shape index (κ1) is 19.8. The summed E-state index contributed by atoms with van der Waals surface area (Å²) in [6.07, 6.45) is 1.25. The third-order valence-electron chi connectivity index (χ3n) is 3.22. The predicted molar refractivity (Wildman–Crippen MR) is 99.9 cm³/mol. The molecular formula is C18H22N2O5S. The summed E-state index contributed by atoms with van der Waals surface area (Å²) in [6.45, 7) is 6.16. The lowest BCUT2D eigenvalue weighted by atomic mass is 10.2. The lowest BCUT2D eigenvalue weighted by Gasteiger charge is -2.24. The fourth-order valence-corrected chi connectivity index (χ4v) is 2.65. The van der Waals surface area contributed by atoms with Gasteiger partial charge in [0.1, 0.15) is 18.0 Å². The van der Waals surface area contributed by atoms with E-state index in [1.54, 1.807) is 37.4 Å². The largest absolute Gasteiger partial charge is 0.492 e. The number of nitrogens with one attached hydrogen (secondary N) is 1. The van der Waals surface area contributed by atoms with Crippen molar-refractivity contribution in [2.75, 3.05) is 20.2 Å². The van der Waals surface area contributed by atoms with Gasteiger partial charge in [-0.3, -0.25) is 14.9 Å². The normalized spacial score (nSPS) is 15.8. The molecule has 8 heteroatoms. The molecule has 2 rings (SSSR count). The van der Waals surface area contributed by atoms with Gasteiger partial charge >= 0.3 is 6.09 Å². The summed E-state index contributed by atoms with van der Waals surface area (Å²) in [5.74, 6) is 0.259. The molecular weight excluding hydrogens is 356 g/mol. The summed E-state index contributed by atoms with van der Waals surface area (Å²) < 4.78 is 10.9. The summed E-state index contributed by atoms with van der Waals surface area (Å²) >= 11 is 0.877. The van der Waals surface area contributed by atoms with Crippen LogP contribution in [0.15, 0.2) is 29.2 Å². The molecule has 7 nitrogen and oxygen atoms in total. The van der Waals surface area contributed by atoms with Crippen molar-refractivity contribution in [3.05, 3.63) is 34.7 Å². The zero-order chi connectivity index (χ0) is 19.3. The van der Waals surface area contributed by atoms with Gasteiger partial charge in [0, 0.05) is 7.05 Å². The van der Waals surface area contributed by atoms with Crippen LogP contribution in [0.4, 0.5) is 9.59 Å². The van der Waals surface area contributed by atoms with Crippen LogP contribution < -0.4 is 10.1 Å². The fraction of sp³-hybridized carbons (Fsp3) is 0.389. The van der Waals surface area contributed by atoms with E-state index in [9.17, 15) is 14.4 Å². The monoisotopic (exact) mass is 378 g/mol. The van der Waals surface area contributed by atoms with E-state index in [1.165, 1.54) is 4.90 Å². The van der Waals surface area contributed by atoms with E-state index in [1.807, 2.05) is 20.8 Å². The zero-order valence-corrected chi connectivity index (χ0v) is 16.0. The van der Waals surface area contributed by atoms with E-state index in [2.05, 4.69) is 5.32 Å². The summed E-state index contributed by atoms with van der Waals surface area (Å²) in [5.41, 5.74) is 0.255. The molecule has 0 aliphatic carbocycles. The molecule has 1 aromatic carbocycles. The number of likely N-dealkylation sites (N-methyl/N-ethyl adjacent to an activating group) is 1. The van der Waals surface area contributed by atoms with Gasteiger partial charge in [-0.15, -0.1) is 0 Å². The second-order valence-electron chi connectivity index (χ2n) is 6.67. The Hall–Kier alpha value is -2.48. The van der Waals surface area contributed by atoms with Crippen molar-refractivity contribution < 1.29 is 23.9 Å². The van der Waals surface area contributed by atoms with E-state index in [0.29, 0.717) is 23.8 Å². The second-order valence-corrected chi connectivity index (χ2v) is 7.69. The highest BCUT2D eigenvalue weighted by atomic mass is 32.2. The highest BCUT2D eigenvalue weighted by Crippen LogP contribution is 2.26. The molecule has 0 spiro atoms. The Morgan fingerprint density at radius 2 is 1.88 bits per heavy atom. The van der Waals surface area contributed by atoms with Crippen molar-refractivity contribution in [1.29, 1.82) is 0 Å². The van der Waals surface area contributed by atoms with Crippen LogP contribution in [0.2, 0.25) is 0 Å². The molecule has 0 bridgehead atoms. The maximum absolute atomic E-state index is 11.8. The average Bonchev–Trinajstić information content (AvgIpc) is 2.84. The van der Waals surface area contributed by atoms with Crippen LogP contribution in [-0.2, 0) is 9.53 Å². The molecule has 1 saturated heterocycles. The lowest BCUT2D eigenvalue weighted by Crippen LogP contribution is -2.36. The molecule has 1 aliphatic rings. The average molecular weight is 378 g/mol. The number of ether oxygens (including phenoxy) is 2. The van der Waals surface area contributed by atoms with Gasteiger partial charge < -0.3 is 14.4 Å². The summed E-state index contributed by atoms with van der Waals surface area (Å²) in [4.78, 5) is 36.3. The van der Waals surface area contributed by atoms with Crippen LogP contribution in [0.5, 0.6) is 5.75 Å². The molecule has 26 heavy (non-hydrogen) atoms. The fourth-order valence-electron chi connectivity index (χ4n) is 1.96. The van der Waals surface area contributed by atoms with Crippen LogP contribution in [0.25, 0.3) is 6.08 Å². The molecule has 1 fully saturated rings. The number of carbonyl (C=O) groups is 3. The van der Waals surface area contributed by atoms with Crippen molar-refractivity contribution >= 4 is 35.1 Å². The topological polar surface area (TPSA) is 84.9 Å². The molecule has 0 radical (unpaired) electrons. The molecule has 3 amide bonds. The van der Waals surface area contributed by atoms with Crippen LogP contribution in [0.3, 0.4) is 0 Å². The third kappa shape index (κ3) is 6.11. The van der Waals surface area contributed by atoms with Crippen molar-refractivity contribution in [3.63, 3.8) is 0 Å². The maximum Gasteiger partial charge on any atom is 0.410 e.